The summed E-state index contributed by atoms with van der Waals surface area (Å²) in [6, 6.07) is 0. The summed E-state index contributed by atoms with van der Waals surface area (Å²) in [4.78, 5) is 0. The average Bonchev–Trinajstić information content (AvgIpc) is 1.85. The summed E-state index contributed by atoms with van der Waals surface area (Å²) < 4.78 is 0. The van der Waals surface area contributed by atoms with Crippen molar-refractivity contribution in [2.24, 2.45) is 17.8 Å². The molecule has 0 spiro atoms. The molecule has 64 valence electrons. The average molecular weight is 152 g/mol. The highest BCUT2D eigenvalue weighted by Crippen LogP contribution is 2.35. The van der Waals surface area contributed by atoms with Gasteiger partial charge in [-0.1, -0.05) is 26.0 Å². The Kier molecular flexibility index (Phi) is 2.75. The lowest BCUT2D eigenvalue weighted by Gasteiger charge is -2.31. The molecule has 1 saturated carbocycles. The Hall–Kier alpha value is -0.260. The highest BCUT2D eigenvalue weighted by atomic mass is 14.3. The lowest BCUT2D eigenvalue weighted by molar-refractivity contribution is 0.244. The maximum atomic E-state index is 4.05. The quantitative estimate of drug-likeness (QED) is 0.503. The second-order valence-corrected chi connectivity index (χ2v) is 4.46. The van der Waals surface area contributed by atoms with Crippen LogP contribution in [0.4, 0.5) is 0 Å². The first-order valence-corrected chi connectivity index (χ1v) is 4.75. The summed E-state index contributed by atoms with van der Waals surface area (Å²) in [6.45, 7) is 11.0. The van der Waals surface area contributed by atoms with Crippen molar-refractivity contribution in [1.82, 2.24) is 0 Å². The second-order valence-electron chi connectivity index (χ2n) is 4.46. The van der Waals surface area contributed by atoms with E-state index in [0.717, 1.165) is 17.8 Å². The van der Waals surface area contributed by atoms with Crippen molar-refractivity contribution in [3.05, 3.63) is 12.2 Å². The lowest BCUT2D eigenvalue weighted by Crippen LogP contribution is -2.19. The normalized spacial score (nSPS) is 38.6. The van der Waals surface area contributed by atoms with Gasteiger partial charge in [-0.15, -0.1) is 0 Å². The molecule has 1 aliphatic rings. The van der Waals surface area contributed by atoms with Crippen LogP contribution in [0.5, 0.6) is 0 Å². The maximum absolute atomic E-state index is 4.05. The van der Waals surface area contributed by atoms with Crippen molar-refractivity contribution >= 4 is 0 Å². The van der Waals surface area contributed by atoms with Crippen molar-refractivity contribution in [1.29, 1.82) is 0 Å². The Labute approximate surface area is 70.7 Å². The minimum atomic E-state index is 0.814. The van der Waals surface area contributed by atoms with Crippen molar-refractivity contribution in [3.63, 3.8) is 0 Å². The molecule has 1 fully saturated rings. The smallest absolute Gasteiger partial charge is 0.0204 e. The van der Waals surface area contributed by atoms with Crippen LogP contribution in [0.25, 0.3) is 0 Å². The molecule has 0 N–H and O–H groups in total. The maximum Gasteiger partial charge on any atom is -0.0204 e. The second kappa shape index (κ2) is 3.42. The van der Waals surface area contributed by atoms with Crippen LogP contribution in [0.2, 0.25) is 0 Å². The van der Waals surface area contributed by atoms with Crippen molar-refractivity contribution in [2.75, 3.05) is 0 Å². The number of rotatable bonds is 1. The first-order chi connectivity index (χ1) is 5.09. The van der Waals surface area contributed by atoms with Crippen LogP contribution in [0, 0.1) is 17.8 Å². The van der Waals surface area contributed by atoms with Gasteiger partial charge in [-0.05, 0) is 43.9 Å². The minimum Gasteiger partial charge on any atom is -0.0999 e. The Bertz CT molecular complexity index is 136. The first kappa shape index (κ1) is 8.83. The van der Waals surface area contributed by atoms with Crippen LogP contribution in [0.15, 0.2) is 12.2 Å². The molecular formula is C11H20. The van der Waals surface area contributed by atoms with E-state index in [-0.39, 0.29) is 0 Å². The van der Waals surface area contributed by atoms with Crippen LogP contribution >= 0.6 is 0 Å². The molecular weight excluding hydrogens is 132 g/mol. The molecule has 0 aromatic carbocycles. The number of hydrogen-bond donors (Lipinski definition) is 0. The van der Waals surface area contributed by atoms with E-state index < -0.39 is 0 Å². The van der Waals surface area contributed by atoms with Gasteiger partial charge in [-0.2, -0.15) is 0 Å². The Morgan fingerprint density at radius 2 is 1.55 bits per heavy atom. The number of allylic oxidation sites excluding steroid dienone is 1. The summed E-state index contributed by atoms with van der Waals surface area (Å²) in [5.41, 5.74) is 1.39. The Morgan fingerprint density at radius 1 is 1.09 bits per heavy atom. The summed E-state index contributed by atoms with van der Waals surface area (Å²) in [7, 11) is 0. The minimum absolute atomic E-state index is 0.814. The van der Waals surface area contributed by atoms with Crippen LogP contribution in [0.1, 0.15) is 40.0 Å². The van der Waals surface area contributed by atoms with Crippen LogP contribution in [-0.2, 0) is 0 Å². The Morgan fingerprint density at radius 3 is 1.91 bits per heavy atom. The van der Waals surface area contributed by atoms with E-state index >= 15 is 0 Å². The molecule has 0 heterocycles. The molecule has 11 heavy (non-hydrogen) atoms. The molecule has 1 rings (SSSR count). The molecule has 0 bridgehead atoms. The van der Waals surface area contributed by atoms with Gasteiger partial charge in [-0.25, -0.2) is 0 Å². The van der Waals surface area contributed by atoms with E-state index in [2.05, 4.69) is 27.4 Å². The zero-order chi connectivity index (χ0) is 8.43. The number of hydrogen-bond acceptors (Lipinski definition) is 0. The lowest BCUT2D eigenvalue weighted by atomic mass is 9.74. The van der Waals surface area contributed by atoms with Gasteiger partial charge in [0.05, 0.1) is 0 Å². The van der Waals surface area contributed by atoms with E-state index in [1.54, 1.807) is 0 Å². The third kappa shape index (κ3) is 2.36. The van der Waals surface area contributed by atoms with E-state index in [1.807, 2.05) is 0 Å². The predicted molar refractivity (Wildman–Crippen MR) is 50.5 cm³/mol. The fraction of sp³-hybridized carbons (Fsp3) is 0.818. The van der Waals surface area contributed by atoms with E-state index in [9.17, 15) is 0 Å². The highest BCUT2D eigenvalue weighted by Gasteiger charge is 2.23. The van der Waals surface area contributed by atoms with Crippen LogP contribution in [-0.4, -0.2) is 0 Å². The molecule has 0 aromatic heterocycles. The zero-order valence-corrected chi connectivity index (χ0v) is 8.06. The topological polar surface area (TPSA) is 0 Å². The molecule has 2 unspecified atom stereocenters. The molecule has 1 aliphatic carbocycles. The Balaban J connectivity index is 2.49. The monoisotopic (exact) mass is 152 g/mol. The molecule has 0 saturated heterocycles. The van der Waals surface area contributed by atoms with Gasteiger partial charge in [0.15, 0.2) is 0 Å². The van der Waals surface area contributed by atoms with Gasteiger partial charge in [0.2, 0.25) is 0 Å². The predicted octanol–water partition coefficient (Wildman–Crippen LogP) is 3.63. The molecule has 2 atom stereocenters. The van der Waals surface area contributed by atoms with Gasteiger partial charge in [0.1, 0.15) is 0 Å². The first-order valence-electron chi connectivity index (χ1n) is 4.75. The standard InChI is InChI=1S/C11H20/c1-8(2)11-6-9(3)5-10(4)7-11/h9-11H,1,5-7H2,2-4H3. The molecule has 0 amide bonds. The van der Waals surface area contributed by atoms with Gasteiger partial charge < -0.3 is 0 Å². The third-order valence-electron chi connectivity index (χ3n) is 2.88. The summed E-state index contributed by atoms with van der Waals surface area (Å²) in [5, 5.41) is 0. The summed E-state index contributed by atoms with van der Waals surface area (Å²) in [5.74, 6) is 2.65. The molecule has 0 heteroatoms. The molecule has 0 aromatic rings. The zero-order valence-electron chi connectivity index (χ0n) is 8.06. The molecule has 0 aliphatic heterocycles. The largest absolute Gasteiger partial charge is 0.0999 e. The third-order valence-corrected chi connectivity index (χ3v) is 2.88. The fourth-order valence-electron chi connectivity index (χ4n) is 2.35. The van der Waals surface area contributed by atoms with Gasteiger partial charge >= 0.3 is 0 Å². The van der Waals surface area contributed by atoms with Gasteiger partial charge in [0.25, 0.3) is 0 Å². The summed E-state index contributed by atoms with van der Waals surface area (Å²) in [6.07, 6.45) is 4.17. The highest BCUT2D eigenvalue weighted by molar-refractivity contribution is 4.98. The van der Waals surface area contributed by atoms with Gasteiger partial charge in [-0.3, -0.25) is 0 Å². The fourth-order valence-corrected chi connectivity index (χ4v) is 2.35. The van der Waals surface area contributed by atoms with E-state index in [1.165, 1.54) is 24.8 Å². The van der Waals surface area contributed by atoms with E-state index in [4.69, 9.17) is 0 Å². The van der Waals surface area contributed by atoms with Crippen LogP contribution in [0.3, 0.4) is 0 Å². The van der Waals surface area contributed by atoms with E-state index in [0.29, 0.717) is 0 Å². The van der Waals surface area contributed by atoms with Crippen molar-refractivity contribution in [3.8, 4) is 0 Å². The van der Waals surface area contributed by atoms with Crippen LogP contribution < -0.4 is 0 Å². The van der Waals surface area contributed by atoms with Gasteiger partial charge in [0, 0.05) is 0 Å². The SMILES string of the molecule is C=C(C)C1CC(C)CC(C)C1. The van der Waals surface area contributed by atoms with Crippen molar-refractivity contribution in [2.45, 2.75) is 40.0 Å². The molecule has 0 radical (unpaired) electrons. The van der Waals surface area contributed by atoms with Crippen molar-refractivity contribution < 1.29 is 0 Å². The molecule has 0 nitrogen and oxygen atoms in total. The summed E-state index contributed by atoms with van der Waals surface area (Å²) >= 11 is 0.